The maximum atomic E-state index is 12.6. The average Bonchev–Trinajstić information content (AvgIpc) is 2.54. The zero-order chi connectivity index (χ0) is 18.8. The summed E-state index contributed by atoms with van der Waals surface area (Å²) >= 11 is 0. The predicted octanol–water partition coefficient (Wildman–Crippen LogP) is 2.49. The minimum Gasteiger partial charge on any atom is -0.445 e. The van der Waals surface area contributed by atoms with E-state index >= 15 is 0 Å². The van der Waals surface area contributed by atoms with Gasteiger partial charge in [0.2, 0.25) is 5.91 Å². The molecule has 6 nitrogen and oxygen atoms in total. The molecule has 2 rings (SSSR count). The van der Waals surface area contributed by atoms with E-state index in [4.69, 9.17) is 4.74 Å². The molecule has 2 N–H and O–H groups in total. The van der Waals surface area contributed by atoms with Crippen molar-refractivity contribution in [2.24, 2.45) is 0 Å². The molecule has 0 aromatic heterocycles. The lowest BCUT2D eigenvalue weighted by Gasteiger charge is -2.57. The van der Waals surface area contributed by atoms with Gasteiger partial charge in [-0.2, -0.15) is 0 Å². The maximum absolute atomic E-state index is 12.6. The molecule has 2 atom stereocenters. The molecule has 0 saturated carbocycles. The highest BCUT2D eigenvalue weighted by molar-refractivity contribution is 6.80. The van der Waals surface area contributed by atoms with E-state index in [1.54, 1.807) is 4.57 Å². The number of ether oxygens (including phenoxy) is 1. The summed E-state index contributed by atoms with van der Waals surface area (Å²) in [5, 5.41) is 12.3. The molecule has 0 spiro atoms. The van der Waals surface area contributed by atoms with E-state index in [-0.39, 0.29) is 24.2 Å². The first-order chi connectivity index (χ1) is 11.6. The number of nitrogens with zero attached hydrogens (tertiary/aromatic N) is 1. The van der Waals surface area contributed by atoms with Crippen molar-refractivity contribution in [3.8, 4) is 0 Å². The lowest BCUT2D eigenvalue weighted by Crippen LogP contribution is -2.79. The van der Waals surface area contributed by atoms with Crippen LogP contribution in [0.15, 0.2) is 30.3 Å². The number of hydrogen-bond donors (Lipinski definition) is 2. The van der Waals surface area contributed by atoms with Gasteiger partial charge in [-0.05, 0) is 10.6 Å². The second-order valence-corrected chi connectivity index (χ2v) is 13.1. The Labute approximate surface area is 150 Å². The average molecular weight is 365 g/mol. The summed E-state index contributed by atoms with van der Waals surface area (Å²) in [6, 6.07) is 8.23. The monoisotopic (exact) mass is 364 g/mol. The van der Waals surface area contributed by atoms with Crippen LogP contribution in [0.25, 0.3) is 0 Å². The van der Waals surface area contributed by atoms with E-state index < -0.39 is 26.4 Å². The van der Waals surface area contributed by atoms with Gasteiger partial charge < -0.3 is 19.7 Å². The van der Waals surface area contributed by atoms with Gasteiger partial charge in [0, 0.05) is 0 Å². The fraction of sp³-hybridized carbons (Fsp3) is 0.556. The summed E-state index contributed by atoms with van der Waals surface area (Å²) in [4.78, 5) is 24.6. The molecular weight excluding hydrogens is 336 g/mol. The Morgan fingerprint density at radius 1 is 1.28 bits per heavy atom. The number of alkyl carbamates (subject to hydrolysis) is 1. The molecule has 1 aliphatic rings. The summed E-state index contributed by atoms with van der Waals surface area (Å²) in [6.45, 7) is 10.5. The van der Waals surface area contributed by atoms with Crippen molar-refractivity contribution < 1.29 is 19.4 Å². The van der Waals surface area contributed by atoms with E-state index in [1.165, 1.54) is 0 Å². The van der Waals surface area contributed by atoms with Crippen LogP contribution < -0.4 is 5.32 Å². The highest BCUT2D eigenvalue weighted by Gasteiger charge is 2.57. The van der Waals surface area contributed by atoms with Gasteiger partial charge >= 0.3 is 6.09 Å². The molecular formula is C18H28N2O4Si. The van der Waals surface area contributed by atoms with Crippen molar-refractivity contribution in [3.05, 3.63) is 35.9 Å². The van der Waals surface area contributed by atoms with Crippen molar-refractivity contribution in [1.29, 1.82) is 0 Å². The molecule has 1 aliphatic heterocycles. The Kier molecular flexibility index (Phi) is 5.58. The molecule has 2 amide bonds. The number of amides is 2. The summed E-state index contributed by atoms with van der Waals surface area (Å²) in [5.74, 6) is -0.137. The fourth-order valence-electron chi connectivity index (χ4n) is 2.83. The van der Waals surface area contributed by atoms with Crippen LogP contribution in [0.2, 0.25) is 18.1 Å². The molecule has 1 aromatic rings. The Balaban J connectivity index is 1.97. The Bertz CT molecular complexity index is 628. The van der Waals surface area contributed by atoms with E-state index in [2.05, 4.69) is 39.2 Å². The van der Waals surface area contributed by atoms with Crippen molar-refractivity contribution in [2.75, 3.05) is 6.61 Å². The normalized spacial score (nSPS) is 20.9. The van der Waals surface area contributed by atoms with E-state index in [0.717, 1.165) is 5.56 Å². The lowest BCUT2D eigenvalue weighted by atomic mass is 10.00. The lowest BCUT2D eigenvalue weighted by molar-refractivity contribution is -0.145. The largest absolute Gasteiger partial charge is 0.445 e. The molecule has 25 heavy (non-hydrogen) atoms. The highest BCUT2D eigenvalue weighted by Crippen LogP contribution is 2.42. The maximum Gasteiger partial charge on any atom is 0.408 e. The third-order valence-electron chi connectivity index (χ3n) is 5.33. The van der Waals surface area contributed by atoms with Gasteiger partial charge in [0.1, 0.15) is 12.6 Å². The van der Waals surface area contributed by atoms with E-state index in [9.17, 15) is 14.7 Å². The van der Waals surface area contributed by atoms with Crippen LogP contribution >= 0.6 is 0 Å². The van der Waals surface area contributed by atoms with E-state index in [0.29, 0.717) is 0 Å². The number of benzene rings is 1. The molecule has 0 aliphatic carbocycles. The number of carbonyl (C=O) groups excluding carboxylic acids is 2. The molecule has 1 aromatic carbocycles. The van der Waals surface area contributed by atoms with Gasteiger partial charge in [0.05, 0.1) is 12.6 Å². The summed E-state index contributed by atoms with van der Waals surface area (Å²) in [7, 11) is -2.10. The molecule has 7 heteroatoms. The Morgan fingerprint density at radius 2 is 1.88 bits per heavy atom. The third-order valence-corrected chi connectivity index (χ3v) is 10.8. The van der Waals surface area contributed by atoms with Crippen LogP contribution in [0.5, 0.6) is 0 Å². The van der Waals surface area contributed by atoms with Crippen LogP contribution in [0.1, 0.15) is 26.3 Å². The smallest absolute Gasteiger partial charge is 0.408 e. The topological polar surface area (TPSA) is 78.9 Å². The zero-order valence-electron chi connectivity index (χ0n) is 15.6. The second-order valence-electron chi connectivity index (χ2n) is 7.95. The quantitative estimate of drug-likeness (QED) is 0.621. The minimum absolute atomic E-state index is 0.0329. The van der Waals surface area contributed by atoms with Crippen LogP contribution in [-0.2, 0) is 16.1 Å². The van der Waals surface area contributed by atoms with Crippen LogP contribution in [0.3, 0.4) is 0 Å². The van der Waals surface area contributed by atoms with Gasteiger partial charge in [-0.25, -0.2) is 4.79 Å². The van der Waals surface area contributed by atoms with Crippen molar-refractivity contribution in [1.82, 2.24) is 9.88 Å². The van der Waals surface area contributed by atoms with Gasteiger partial charge in [0.15, 0.2) is 8.24 Å². The first-order valence-corrected chi connectivity index (χ1v) is 11.5. The van der Waals surface area contributed by atoms with E-state index in [1.807, 2.05) is 30.3 Å². The SMILES string of the molecule is CC(C)(C)[Si](C)(C)N1C(=O)[C@H](NC(=O)OCc2ccccc2)[C@@H]1CO. The van der Waals surface area contributed by atoms with Gasteiger partial charge in [-0.3, -0.25) is 4.79 Å². The standard InChI is InChI=1S/C18H28N2O4Si/c1-18(2,3)25(4,5)20-14(11-21)15(16(20)22)19-17(23)24-12-13-9-7-6-8-10-13/h6-10,14-15,21H,11-12H2,1-5H3,(H,19,23)/t14-,15+/m0/s1. The van der Waals surface area contributed by atoms with Gasteiger partial charge in [-0.1, -0.05) is 64.2 Å². The van der Waals surface area contributed by atoms with Crippen molar-refractivity contribution in [3.63, 3.8) is 0 Å². The molecule has 1 saturated heterocycles. The third kappa shape index (κ3) is 3.87. The number of carbonyl (C=O) groups is 2. The fourth-order valence-corrected chi connectivity index (χ4v) is 5.31. The van der Waals surface area contributed by atoms with Crippen LogP contribution in [0.4, 0.5) is 4.79 Å². The van der Waals surface area contributed by atoms with Gasteiger partial charge in [0.25, 0.3) is 0 Å². The molecule has 0 unspecified atom stereocenters. The second kappa shape index (κ2) is 7.17. The number of nitrogens with one attached hydrogen (secondary N) is 1. The highest BCUT2D eigenvalue weighted by atomic mass is 28.3. The molecule has 0 bridgehead atoms. The van der Waals surface area contributed by atoms with Gasteiger partial charge in [-0.15, -0.1) is 0 Å². The van der Waals surface area contributed by atoms with Crippen LogP contribution in [-0.4, -0.2) is 48.6 Å². The summed E-state index contributed by atoms with van der Waals surface area (Å²) in [5.41, 5.74) is 0.874. The number of aliphatic hydroxyl groups excluding tert-OH is 1. The molecule has 1 fully saturated rings. The summed E-state index contributed by atoms with van der Waals surface area (Å²) < 4.78 is 6.97. The first-order valence-electron chi connectivity index (χ1n) is 8.51. The van der Waals surface area contributed by atoms with Crippen LogP contribution in [0, 0.1) is 0 Å². The Morgan fingerprint density at radius 3 is 2.40 bits per heavy atom. The number of hydrogen-bond acceptors (Lipinski definition) is 4. The number of aliphatic hydroxyl groups is 1. The van der Waals surface area contributed by atoms with Crippen molar-refractivity contribution in [2.45, 2.75) is 57.6 Å². The molecule has 1 heterocycles. The number of rotatable bonds is 5. The first kappa shape index (κ1) is 19.5. The molecule has 0 radical (unpaired) electrons. The minimum atomic E-state index is -2.10. The predicted molar refractivity (Wildman–Crippen MR) is 98.5 cm³/mol. The van der Waals surface area contributed by atoms with Crippen molar-refractivity contribution >= 4 is 20.2 Å². The summed E-state index contributed by atoms with van der Waals surface area (Å²) in [6.07, 6.45) is -0.643. The Hall–Kier alpha value is -1.86. The zero-order valence-corrected chi connectivity index (χ0v) is 16.6. The number of β-lactam (4-membered cyclic amide) rings is 1. The molecule has 138 valence electrons.